The largest absolute Gasteiger partial charge is 0.328 e. The predicted octanol–water partition coefficient (Wildman–Crippen LogP) is 5.66. The zero-order chi connectivity index (χ0) is 31.8. The zero-order valence-corrected chi connectivity index (χ0v) is 25.8. The van der Waals surface area contributed by atoms with Crippen molar-refractivity contribution in [3.8, 4) is 22.4 Å². The second kappa shape index (κ2) is 12.4. The van der Waals surface area contributed by atoms with Gasteiger partial charge in [-0.1, -0.05) is 72.8 Å². The summed E-state index contributed by atoms with van der Waals surface area (Å²) < 4.78 is 0. The maximum absolute atomic E-state index is 13.1. The highest BCUT2D eigenvalue weighted by atomic mass is 35.5. The van der Waals surface area contributed by atoms with Crippen LogP contribution < -0.4 is 15.9 Å². The van der Waals surface area contributed by atoms with E-state index >= 15 is 0 Å². The lowest BCUT2D eigenvalue weighted by Crippen LogP contribution is -2.54. The van der Waals surface area contributed by atoms with Crippen molar-refractivity contribution < 1.29 is 9.59 Å². The summed E-state index contributed by atoms with van der Waals surface area (Å²) in [5.74, 6) is -0.370. The first-order valence-corrected chi connectivity index (χ1v) is 15.5. The van der Waals surface area contributed by atoms with Gasteiger partial charge in [0.15, 0.2) is 0 Å². The molecule has 2 aromatic heterocycles. The van der Waals surface area contributed by atoms with Crippen molar-refractivity contribution in [2.45, 2.75) is 13.0 Å². The number of amides is 2. The van der Waals surface area contributed by atoms with E-state index < -0.39 is 0 Å². The Morgan fingerprint density at radius 3 is 2.46 bits per heavy atom. The van der Waals surface area contributed by atoms with Crippen molar-refractivity contribution in [1.29, 1.82) is 0 Å². The average Bonchev–Trinajstić information content (AvgIpc) is 3.39. The molecular weight excluding hydrogens is 600 g/mol. The van der Waals surface area contributed by atoms with E-state index in [1.165, 1.54) is 11.6 Å². The van der Waals surface area contributed by atoms with E-state index in [-0.39, 0.29) is 23.8 Å². The summed E-state index contributed by atoms with van der Waals surface area (Å²) in [5, 5.41) is 7.48. The van der Waals surface area contributed by atoms with Crippen LogP contribution in [0.4, 0.5) is 11.4 Å². The van der Waals surface area contributed by atoms with Crippen molar-refractivity contribution in [2.75, 3.05) is 36.5 Å². The van der Waals surface area contributed by atoms with Crippen LogP contribution in [0.25, 0.3) is 33.3 Å². The first-order valence-electron chi connectivity index (χ1n) is 15.1. The molecule has 2 amide bonds. The van der Waals surface area contributed by atoms with Crippen LogP contribution in [0, 0.1) is 0 Å². The number of anilines is 2. The summed E-state index contributed by atoms with van der Waals surface area (Å²) in [5.41, 5.74) is 7.43. The van der Waals surface area contributed by atoms with Crippen LogP contribution in [-0.2, 0) is 22.6 Å². The monoisotopic (exact) mass is 630 g/mol. The molecule has 7 rings (SSSR count). The first-order chi connectivity index (χ1) is 22.4. The van der Waals surface area contributed by atoms with Gasteiger partial charge in [-0.15, -0.1) is 0 Å². The minimum absolute atomic E-state index is 0.0101. The highest BCUT2D eigenvalue weighted by Gasteiger charge is 2.34. The number of rotatable bonds is 7. The molecular formula is C36H31ClN6O3. The molecule has 3 aromatic carbocycles. The van der Waals surface area contributed by atoms with Gasteiger partial charge in [-0.05, 0) is 47.0 Å². The molecule has 0 radical (unpaired) electrons. The van der Waals surface area contributed by atoms with Crippen molar-refractivity contribution >= 4 is 45.7 Å². The SMILES string of the molecule is C=CC(=O)Nc1cc2c(cc1Cl)CC(=O)N2N1CCN(Cc2ccc(-c3nc4cc[nH]c(=O)c4cc3-c3ccccc3)cc2)CC1. The third-order valence-electron chi connectivity index (χ3n) is 8.52. The zero-order valence-electron chi connectivity index (χ0n) is 25.0. The number of aromatic amines is 1. The van der Waals surface area contributed by atoms with Crippen LogP contribution in [0.2, 0.25) is 5.02 Å². The summed E-state index contributed by atoms with van der Waals surface area (Å²) in [6.45, 7) is 7.20. The van der Waals surface area contributed by atoms with E-state index in [2.05, 4.69) is 51.1 Å². The van der Waals surface area contributed by atoms with E-state index in [9.17, 15) is 14.4 Å². The van der Waals surface area contributed by atoms with Gasteiger partial charge in [-0.2, -0.15) is 0 Å². The minimum Gasteiger partial charge on any atom is -0.328 e. The van der Waals surface area contributed by atoms with Gasteiger partial charge in [0.1, 0.15) is 0 Å². The van der Waals surface area contributed by atoms with Crippen LogP contribution in [0.1, 0.15) is 11.1 Å². The molecule has 0 aliphatic carbocycles. The average molecular weight is 631 g/mol. The quantitative estimate of drug-likeness (QED) is 0.225. The number of pyridine rings is 2. The van der Waals surface area contributed by atoms with Gasteiger partial charge in [0.2, 0.25) is 11.8 Å². The lowest BCUT2D eigenvalue weighted by Gasteiger charge is -2.39. The summed E-state index contributed by atoms with van der Waals surface area (Å²) in [6, 6.07) is 25.7. The first kappa shape index (κ1) is 29.6. The standard InChI is InChI=1S/C36H31ClN6O3/c1-2-33(44)39-31-21-32-26(18-29(31)37)19-34(45)43(32)42-16-14-41(15-17-42)22-23-8-10-25(11-9-23)35-27(24-6-4-3-5-7-24)20-28-30(40-35)12-13-38-36(28)46/h2-13,18,20-21H,1,14-17,19,22H2,(H,38,46)(H,39,44). The highest BCUT2D eigenvalue weighted by Crippen LogP contribution is 2.38. The molecule has 2 aliphatic rings. The third kappa shape index (κ3) is 5.72. The molecule has 0 bridgehead atoms. The molecule has 46 heavy (non-hydrogen) atoms. The van der Waals surface area contributed by atoms with Crippen LogP contribution in [0.3, 0.4) is 0 Å². The number of H-pyrrole nitrogens is 1. The molecule has 0 spiro atoms. The molecule has 1 saturated heterocycles. The molecule has 0 unspecified atom stereocenters. The number of benzene rings is 3. The molecule has 2 aliphatic heterocycles. The summed E-state index contributed by atoms with van der Waals surface area (Å²) in [7, 11) is 0. The molecule has 0 saturated carbocycles. The van der Waals surface area contributed by atoms with Gasteiger partial charge in [0.05, 0.1) is 39.4 Å². The predicted molar refractivity (Wildman–Crippen MR) is 182 cm³/mol. The fourth-order valence-electron chi connectivity index (χ4n) is 6.19. The Morgan fingerprint density at radius 2 is 1.72 bits per heavy atom. The number of hydrogen-bond donors (Lipinski definition) is 2. The van der Waals surface area contributed by atoms with Crippen LogP contribution in [0.15, 0.2) is 103 Å². The molecule has 0 atom stereocenters. The Balaban J connectivity index is 1.06. The Labute approximate surface area is 270 Å². The van der Waals surface area contributed by atoms with E-state index in [4.69, 9.17) is 16.6 Å². The number of hydrazine groups is 1. The molecule has 1 fully saturated rings. The maximum atomic E-state index is 13.1. The molecule has 9 nitrogen and oxygen atoms in total. The third-order valence-corrected chi connectivity index (χ3v) is 8.83. The van der Waals surface area contributed by atoms with Crippen molar-refractivity contribution in [3.05, 3.63) is 124 Å². The van der Waals surface area contributed by atoms with Crippen LogP contribution in [0.5, 0.6) is 0 Å². The van der Waals surface area contributed by atoms with Gasteiger partial charge in [0.25, 0.3) is 5.56 Å². The van der Waals surface area contributed by atoms with Crippen molar-refractivity contribution in [2.24, 2.45) is 0 Å². The van der Waals surface area contributed by atoms with Gasteiger partial charge in [-0.3, -0.25) is 19.3 Å². The van der Waals surface area contributed by atoms with Gasteiger partial charge < -0.3 is 10.3 Å². The van der Waals surface area contributed by atoms with E-state index in [0.717, 1.165) is 53.3 Å². The Hall–Kier alpha value is -5.09. The lowest BCUT2D eigenvalue weighted by molar-refractivity contribution is -0.120. The fraction of sp³-hybridized carbons (Fsp3) is 0.167. The Bertz CT molecular complexity index is 2040. The molecule has 10 heteroatoms. The number of aromatic nitrogens is 2. The molecule has 5 aromatic rings. The Morgan fingerprint density at radius 1 is 0.957 bits per heavy atom. The van der Waals surface area contributed by atoms with Gasteiger partial charge in [-0.25, -0.2) is 15.0 Å². The van der Waals surface area contributed by atoms with E-state index in [0.29, 0.717) is 34.7 Å². The van der Waals surface area contributed by atoms with E-state index in [1.54, 1.807) is 23.3 Å². The summed E-state index contributed by atoms with van der Waals surface area (Å²) >= 11 is 6.38. The van der Waals surface area contributed by atoms with Crippen molar-refractivity contribution in [1.82, 2.24) is 19.9 Å². The second-order valence-electron chi connectivity index (χ2n) is 11.5. The minimum atomic E-state index is -0.360. The Kier molecular flexibility index (Phi) is 7.96. The number of piperazine rings is 1. The number of carbonyl (C=O) groups excluding carboxylic acids is 2. The van der Waals surface area contributed by atoms with Crippen molar-refractivity contribution in [3.63, 3.8) is 0 Å². The van der Waals surface area contributed by atoms with Crippen LogP contribution in [-0.4, -0.2) is 57.9 Å². The molecule has 230 valence electrons. The molecule has 4 heterocycles. The number of nitrogens with zero attached hydrogens (tertiary/aromatic N) is 4. The fourth-order valence-corrected chi connectivity index (χ4v) is 6.43. The smallest absolute Gasteiger partial charge is 0.257 e. The maximum Gasteiger partial charge on any atom is 0.257 e. The summed E-state index contributed by atoms with van der Waals surface area (Å²) in [6.07, 6.45) is 3.08. The number of fused-ring (bicyclic) bond motifs is 2. The van der Waals surface area contributed by atoms with Gasteiger partial charge in [0, 0.05) is 50.0 Å². The number of carbonyl (C=O) groups is 2. The number of nitrogens with one attached hydrogen (secondary N) is 2. The molecule has 2 N–H and O–H groups in total. The topological polar surface area (TPSA) is 102 Å². The normalized spacial score (nSPS) is 15.2. The second-order valence-corrected chi connectivity index (χ2v) is 11.9. The number of hydrogen-bond acceptors (Lipinski definition) is 6. The highest BCUT2D eigenvalue weighted by molar-refractivity contribution is 6.34. The summed E-state index contributed by atoms with van der Waals surface area (Å²) in [4.78, 5) is 47.5. The lowest BCUT2D eigenvalue weighted by atomic mass is 9.97. The van der Waals surface area contributed by atoms with Crippen LogP contribution >= 0.6 is 11.6 Å². The van der Waals surface area contributed by atoms with Gasteiger partial charge >= 0.3 is 0 Å². The number of halogens is 1. The van der Waals surface area contributed by atoms with E-state index in [1.807, 2.05) is 42.5 Å².